The first-order valence-electron chi connectivity index (χ1n) is 3.53. The lowest BCUT2D eigenvalue weighted by molar-refractivity contribution is 0.0695. The number of hydrogen-bond acceptors (Lipinski definition) is 3. The number of phenolic OH excluding ortho intramolecular Hbond substituents is 1. The molecule has 0 unspecified atom stereocenters. The minimum Gasteiger partial charge on any atom is -0.508 e. The summed E-state index contributed by atoms with van der Waals surface area (Å²) in [7, 11) is 0. The molecular formula is C9H7NO3. The summed E-state index contributed by atoms with van der Waals surface area (Å²) < 4.78 is 0. The Bertz CT molecular complexity index is 404. The molecule has 0 spiro atoms. The highest BCUT2D eigenvalue weighted by atomic mass is 16.4. The van der Waals surface area contributed by atoms with Gasteiger partial charge in [-0.15, -0.1) is 0 Å². The highest BCUT2D eigenvalue weighted by Crippen LogP contribution is 2.22. The molecule has 0 aliphatic rings. The van der Waals surface area contributed by atoms with Crippen molar-refractivity contribution in [1.82, 2.24) is 0 Å². The second-order valence-corrected chi connectivity index (χ2v) is 2.58. The van der Waals surface area contributed by atoms with Crippen LogP contribution in [0.2, 0.25) is 0 Å². The van der Waals surface area contributed by atoms with Crippen LogP contribution in [0.5, 0.6) is 5.75 Å². The molecule has 4 heteroatoms. The van der Waals surface area contributed by atoms with Crippen molar-refractivity contribution in [1.29, 1.82) is 5.26 Å². The van der Waals surface area contributed by atoms with Crippen LogP contribution in [0.25, 0.3) is 0 Å². The third-order valence-corrected chi connectivity index (χ3v) is 1.74. The molecule has 1 aromatic rings. The third-order valence-electron chi connectivity index (χ3n) is 1.74. The van der Waals surface area contributed by atoms with Crippen LogP contribution < -0.4 is 0 Å². The van der Waals surface area contributed by atoms with Gasteiger partial charge in [0.25, 0.3) is 0 Å². The smallest absolute Gasteiger partial charge is 0.336 e. The van der Waals surface area contributed by atoms with E-state index >= 15 is 0 Å². The highest BCUT2D eigenvalue weighted by molar-refractivity contribution is 5.90. The third kappa shape index (κ3) is 1.59. The molecule has 1 aromatic carbocycles. The van der Waals surface area contributed by atoms with Gasteiger partial charge in [-0.2, -0.15) is 5.26 Å². The summed E-state index contributed by atoms with van der Waals surface area (Å²) in [6, 6.07) is 4.24. The van der Waals surface area contributed by atoms with E-state index in [1.54, 1.807) is 6.07 Å². The number of rotatable bonds is 1. The van der Waals surface area contributed by atoms with E-state index in [2.05, 4.69) is 0 Å². The number of aromatic hydroxyl groups is 1. The number of nitrogens with zero attached hydrogens (tertiary/aromatic N) is 1. The zero-order valence-electron chi connectivity index (χ0n) is 6.90. The molecule has 66 valence electrons. The van der Waals surface area contributed by atoms with E-state index in [1.165, 1.54) is 19.1 Å². The van der Waals surface area contributed by atoms with Crippen LogP contribution in [0.15, 0.2) is 12.1 Å². The predicted octanol–water partition coefficient (Wildman–Crippen LogP) is 1.27. The number of carbonyl (C=O) groups is 1. The topological polar surface area (TPSA) is 81.3 Å². The molecule has 0 fully saturated rings. The molecule has 0 aromatic heterocycles. The van der Waals surface area contributed by atoms with Gasteiger partial charge in [0, 0.05) is 5.56 Å². The maximum absolute atomic E-state index is 10.6. The van der Waals surface area contributed by atoms with E-state index in [4.69, 9.17) is 10.4 Å². The lowest BCUT2D eigenvalue weighted by Crippen LogP contribution is -2.00. The first-order valence-corrected chi connectivity index (χ1v) is 3.53. The number of carboxylic acid groups (broad SMARTS) is 1. The van der Waals surface area contributed by atoms with Gasteiger partial charge in [-0.3, -0.25) is 0 Å². The van der Waals surface area contributed by atoms with Crippen LogP contribution in [0.3, 0.4) is 0 Å². The van der Waals surface area contributed by atoms with Gasteiger partial charge >= 0.3 is 5.97 Å². The van der Waals surface area contributed by atoms with Crippen LogP contribution in [-0.2, 0) is 0 Å². The van der Waals surface area contributed by atoms with E-state index < -0.39 is 5.97 Å². The minimum absolute atomic E-state index is 0.0449. The molecule has 0 atom stereocenters. The number of benzene rings is 1. The molecule has 0 bridgehead atoms. The van der Waals surface area contributed by atoms with E-state index in [-0.39, 0.29) is 22.4 Å². The highest BCUT2D eigenvalue weighted by Gasteiger charge is 2.11. The van der Waals surface area contributed by atoms with E-state index in [0.717, 1.165) is 0 Å². The quantitative estimate of drug-likeness (QED) is 0.676. The maximum Gasteiger partial charge on any atom is 0.336 e. The minimum atomic E-state index is -1.15. The average Bonchev–Trinajstić information content (AvgIpc) is 2.09. The summed E-state index contributed by atoms with van der Waals surface area (Å²) in [6.45, 7) is 1.49. The Labute approximate surface area is 74.7 Å². The molecule has 13 heavy (non-hydrogen) atoms. The second kappa shape index (κ2) is 3.15. The predicted molar refractivity (Wildman–Crippen MR) is 44.5 cm³/mol. The van der Waals surface area contributed by atoms with Crippen LogP contribution in [0.4, 0.5) is 0 Å². The molecule has 4 nitrogen and oxygen atoms in total. The number of phenols is 1. The van der Waals surface area contributed by atoms with Gasteiger partial charge in [-0.25, -0.2) is 4.79 Å². The molecule has 0 radical (unpaired) electrons. The largest absolute Gasteiger partial charge is 0.508 e. The normalized spacial score (nSPS) is 9.23. The van der Waals surface area contributed by atoms with Crippen LogP contribution in [0.1, 0.15) is 21.5 Å². The van der Waals surface area contributed by atoms with Crippen molar-refractivity contribution < 1.29 is 15.0 Å². The zero-order chi connectivity index (χ0) is 10.0. The molecule has 0 saturated carbocycles. The van der Waals surface area contributed by atoms with Crippen LogP contribution >= 0.6 is 0 Å². The first-order chi connectivity index (χ1) is 6.06. The van der Waals surface area contributed by atoms with E-state index in [9.17, 15) is 9.90 Å². The summed E-state index contributed by atoms with van der Waals surface area (Å²) in [4.78, 5) is 10.6. The average molecular weight is 177 g/mol. The van der Waals surface area contributed by atoms with Gasteiger partial charge < -0.3 is 10.2 Å². The Hall–Kier alpha value is -2.02. The van der Waals surface area contributed by atoms with Crippen molar-refractivity contribution >= 4 is 5.97 Å². The fraction of sp³-hybridized carbons (Fsp3) is 0.111. The van der Waals surface area contributed by atoms with Gasteiger partial charge in [0.15, 0.2) is 0 Å². The standard InChI is InChI=1S/C9H7NO3/c1-5-7(9(12)13)2-6(4-10)3-8(5)11/h2-3,11H,1H3,(H,12,13). The molecule has 1 rings (SSSR count). The lowest BCUT2D eigenvalue weighted by Gasteiger charge is -2.03. The van der Waals surface area contributed by atoms with Crippen molar-refractivity contribution in [2.24, 2.45) is 0 Å². The van der Waals surface area contributed by atoms with Gasteiger partial charge in [0.2, 0.25) is 0 Å². The summed E-state index contributed by atoms with van der Waals surface area (Å²) in [5.74, 6) is -1.32. The Morgan fingerprint density at radius 3 is 2.62 bits per heavy atom. The Balaban J connectivity index is 3.44. The number of carboxylic acids is 1. The van der Waals surface area contributed by atoms with Crippen LogP contribution in [-0.4, -0.2) is 16.2 Å². The Morgan fingerprint density at radius 1 is 1.54 bits per heavy atom. The molecule has 0 aliphatic heterocycles. The maximum atomic E-state index is 10.6. The first kappa shape index (κ1) is 9.07. The van der Waals surface area contributed by atoms with Gasteiger partial charge in [0.1, 0.15) is 5.75 Å². The molecular weight excluding hydrogens is 170 g/mol. The summed E-state index contributed by atoms with van der Waals surface area (Å²) in [5, 5.41) is 26.4. The van der Waals surface area contributed by atoms with Gasteiger partial charge in [0.05, 0.1) is 17.2 Å². The zero-order valence-corrected chi connectivity index (χ0v) is 6.90. The number of nitriles is 1. The van der Waals surface area contributed by atoms with Crippen molar-refractivity contribution in [2.75, 3.05) is 0 Å². The summed E-state index contributed by atoms with van der Waals surface area (Å²) in [5.41, 5.74) is 0.364. The molecule has 0 heterocycles. The SMILES string of the molecule is Cc1c(O)cc(C#N)cc1C(=O)O. The number of aromatic carboxylic acids is 1. The summed E-state index contributed by atoms with van der Waals surface area (Å²) >= 11 is 0. The monoisotopic (exact) mass is 177 g/mol. The number of hydrogen-bond donors (Lipinski definition) is 2. The molecule has 2 N–H and O–H groups in total. The summed E-state index contributed by atoms with van der Waals surface area (Å²) in [6.07, 6.45) is 0. The Kier molecular flexibility index (Phi) is 2.20. The van der Waals surface area contributed by atoms with Gasteiger partial charge in [-0.05, 0) is 19.1 Å². The molecule has 0 amide bonds. The van der Waals surface area contributed by atoms with Gasteiger partial charge in [-0.1, -0.05) is 0 Å². The Morgan fingerprint density at radius 2 is 2.15 bits per heavy atom. The van der Waals surface area contributed by atoms with Crippen LogP contribution in [0, 0.1) is 18.3 Å². The van der Waals surface area contributed by atoms with E-state index in [1.807, 2.05) is 0 Å². The molecule has 0 aliphatic carbocycles. The fourth-order valence-electron chi connectivity index (χ4n) is 0.986. The molecule has 0 saturated heterocycles. The van der Waals surface area contributed by atoms with Crippen molar-refractivity contribution in [3.8, 4) is 11.8 Å². The fourth-order valence-corrected chi connectivity index (χ4v) is 0.986. The second-order valence-electron chi connectivity index (χ2n) is 2.58. The van der Waals surface area contributed by atoms with Crippen molar-refractivity contribution in [3.63, 3.8) is 0 Å². The lowest BCUT2D eigenvalue weighted by atomic mass is 10.0. The van der Waals surface area contributed by atoms with E-state index in [0.29, 0.717) is 0 Å². The van der Waals surface area contributed by atoms with Crippen molar-refractivity contribution in [3.05, 3.63) is 28.8 Å². The van der Waals surface area contributed by atoms with Crippen molar-refractivity contribution in [2.45, 2.75) is 6.92 Å².